The molecular weight excluding hydrogens is 519 g/mol. The molecule has 3 aromatic carbocycles. The van der Waals surface area contributed by atoms with E-state index in [0.29, 0.717) is 35.4 Å². The van der Waals surface area contributed by atoms with Crippen LogP contribution in [0.2, 0.25) is 10.0 Å². The summed E-state index contributed by atoms with van der Waals surface area (Å²) < 4.78 is 0.316. The van der Waals surface area contributed by atoms with Gasteiger partial charge in [0, 0.05) is 16.0 Å². The van der Waals surface area contributed by atoms with Gasteiger partial charge in [0.05, 0.1) is 25.4 Å². The fourth-order valence-corrected chi connectivity index (χ4v) is 5.75. The summed E-state index contributed by atoms with van der Waals surface area (Å²) in [5, 5.41) is 12.5. The van der Waals surface area contributed by atoms with Gasteiger partial charge < -0.3 is 0 Å². The van der Waals surface area contributed by atoms with Gasteiger partial charge in [-0.05, 0) is 55.0 Å². The minimum Gasteiger partial charge on any atom is -0.268 e. The van der Waals surface area contributed by atoms with Crippen molar-refractivity contribution in [2.24, 2.45) is 0 Å². The third-order valence-electron chi connectivity index (χ3n) is 4.67. The van der Waals surface area contributed by atoms with Gasteiger partial charge in [-0.1, -0.05) is 82.7 Å². The number of carbonyl (C=O) groups excluding carboxylic acids is 1. The highest BCUT2D eigenvalue weighted by molar-refractivity contribution is 8.27. The highest BCUT2D eigenvalue weighted by Gasteiger charge is 2.34. The summed E-state index contributed by atoms with van der Waals surface area (Å²) in [7, 11) is 0. The Bertz CT molecular complexity index is 1330. The molecule has 0 bridgehead atoms. The third kappa shape index (κ3) is 5.26. The van der Waals surface area contributed by atoms with Crippen LogP contribution >= 0.6 is 58.9 Å². The van der Waals surface area contributed by atoms with Gasteiger partial charge in [-0.25, -0.2) is 0 Å². The van der Waals surface area contributed by atoms with Crippen molar-refractivity contribution in [2.45, 2.75) is 16.7 Å². The van der Waals surface area contributed by atoms with E-state index in [1.165, 1.54) is 28.8 Å². The standard InChI is InChI=1S/C23H14Cl2N2O3S3/c1-13-2-6-16(7-3-13)32-20-9-4-14(10-19(20)27(29)30)11-21-22(28)26(23(31)33-21)18-8-5-15(24)12-17(18)25/h2-12H,1H3. The molecule has 0 radical (unpaired) electrons. The second-order valence-corrected chi connectivity index (χ2v) is 10.6. The summed E-state index contributed by atoms with van der Waals surface area (Å²) in [5.74, 6) is -0.352. The first kappa shape index (κ1) is 23.8. The average Bonchev–Trinajstić information content (AvgIpc) is 3.03. The molecule has 33 heavy (non-hydrogen) atoms. The van der Waals surface area contributed by atoms with Crippen LogP contribution in [0, 0.1) is 17.0 Å². The molecule has 1 fully saturated rings. The Morgan fingerprint density at radius 2 is 1.82 bits per heavy atom. The van der Waals surface area contributed by atoms with E-state index in [1.807, 2.05) is 31.2 Å². The van der Waals surface area contributed by atoms with Gasteiger partial charge in [0.25, 0.3) is 11.6 Å². The number of anilines is 1. The number of thioether (sulfide) groups is 1. The van der Waals surface area contributed by atoms with Gasteiger partial charge in [-0.15, -0.1) is 0 Å². The van der Waals surface area contributed by atoms with E-state index in [-0.39, 0.29) is 11.6 Å². The zero-order valence-corrected chi connectivity index (χ0v) is 20.9. The number of amides is 1. The molecule has 5 nitrogen and oxygen atoms in total. The predicted molar refractivity (Wildman–Crippen MR) is 141 cm³/mol. The van der Waals surface area contributed by atoms with Crippen molar-refractivity contribution in [1.82, 2.24) is 0 Å². The van der Waals surface area contributed by atoms with Gasteiger partial charge in [-0.3, -0.25) is 19.8 Å². The average molecular weight is 533 g/mol. The van der Waals surface area contributed by atoms with Crippen molar-refractivity contribution in [3.8, 4) is 0 Å². The van der Waals surface area contributed by atoms with E-state index in [4.69, 9.17) is 35.4 Å². The fraction of sp³-hybridized carbons (Fsp3) is 0.0435. The number of hydrogen-bond acceptors (Lipinski definition) is 6. The van der Waals surface area contributed by atoms with Gasteiger partial charge >= 0.3 is 0 Å². The molecule has 0 spiro atoms. The van der Waals surface area contributed by atoms with Crippen molar-refractivity contribution in [3.63, 3.8) is 0 Å². The fourth-order valence-electron chi connectivity index (χ4n) is 3.08. The van der Waals surface area contributed by atoms with Crippen LogP contribution in [0.4, 0.5) is 11.4 Å². The van der Waals surface area contributed by atoms with Gasteiger partial charge in [0.1, 0.15) is 0 Å². The van der Waals surface area contributed by atoms with E-state index in [2.05, 4.69) is 0 Å². The molecule has 0 atom stereocenters. The molecule has 1 aliphatic heterocycles. The molecule has 0 aromatic heterocycles. The number of hydrogen-bond donors (Lipinski definition) is 0. The smallest absolute Gasteiger partial charge is 0.268 e. The number of nitro benzene ring substituents is 1. The van der Waals surface area contributed by atoms with E-state index < -0.39 is 4.92 Å². The van der Waals surface area contributed by atoms with Crippen LogP contribution in [-0.4, -0.2) is 15.2 Å². The monoisotopic (exact) mass is 532 g/mol. The Hall–Kier alpha value is -2.36. The highest BCUT2D eigenvalue weighted by atomic mass is 35.5. The van der Waals surface area contributed by atoms with Crippen molar-refractivity contribution in [2.75, 3.05) is 4.90 Å². The topological polar surface area (TPSA) is 63.5 Å². The largest absolute Gasteiger partial charge is 0.283 e. The molecule has 0 saturated carbocycles. The number of nitrogens with zero attached hydrogens (tertiary/aromatic N) is 2. The molecule has 4 rings (SSSR count). The van der Waals surface area contributed by atoms with Crippen LogP contribution in [-0.2, 0) is 4.79 Å². The molecule has 1 aliphatic rings. The summed E-state index contributed by atoms with van der Waals surface area (Å²) >= 11 is 20.0. The number of halogens is 2. The quantitative estimate of drug-likeness (QED) is 0.145. The van der Waals surface area contributed by atoms with Crippen LogP contribution in [0.1, 0.15) is 11.1 Å². The second kappa shape index (κ2) is 9.87. The Kier molecular flexibility index (Phi) is 7.11. The summed E-state index contributed by atoms with van der Waals surface area (Å²) in [6, 6.07) is 17.4. The van der Waals surface area contributed by atoms with E-state index >= 15 is 0 Å². The lowest BCUT2D eigenvalue weighted by Crippen LogP contribution is -2.27. The molecule has 166 valence electrons. The second-order valence-electron chi connectivity index (χ2n) is 7.01. The van der Waals surface area contributed by atoms with E-state index in [1.54, 1.807) is 30.3 Å². The molecule has 3 aromatic rings. The lowest BCUT2D eigenvalue weighted by molar-refractivity contribution is -0.387. The van der Waals surface area contributed by atoms with Crippen LogP contribution in [0.25, 0.3) is 6.08 Å². The summed E-state index contributed by atoms with van der Waals surface area (Å²) in [6.07, 6.45) is 1.59. The Labute approximate surface area is 213 Å². The minimum absolute atomic E-state index is 0.0365. The molecule has 0 N–H and O–H groups in total. The maximum atomic E-state index is 13.0. The normalized spacial score (nSPS) is 14.9. The zero-order chi connectivity index (χ0) is 23.7. The van der Waals surface area contributed by atoms with Crippen molar-refractivity contribution >= 4 is 86.6 Å². The van der Waals surface area contributed by atoms with Gasteiger partial charge in [0.15, 0.2) is 4.32 Å². The number of benzene rings is 3. The van der Waals surface area contributed by atoms with Crippen molar-refractivity contribution in [1.29, 1.82) is 0 Å². The number of carbonyl (C=O) groups is 1. The first-order valence-electron chi connectivity index (χ1n) is 9.49. The van der Waals surface area contributed by atoms with Crippen LogP contribution in [0.15, 0.2) is 75.4 Å². The lowest BCUT2D eigenvalue weighted by atomic mass is 10.2. The van der Waals surface area contributed by atoms with Crippen molar-refractivity contribution < 1.29 is 9.72 Å². The van der Waals surface area contributed by atoms with Crippen LogP contribution < -0.4 is 4.90 Å². The Balaban J connectivity index is 1.64. The van der Waals surface area contributed by atoms with E-state index in [0.717, 1.165) is 22.2 Å². The molecular formula is C23H14Cl2N2O3S3. The molecule has 1 heterocycles. The predicted octanol–water partition coefficient (Wildman–Crippen LogP) is 7.77. The number of rotatable bonds is 5. The minimum atomic E-state index is -0.424. The summed E-state index contributed by atoms with van der Waals surface area (Å²) in [5.41, 5.74) is 2.03. The lowest BCUT2D eigenvalue weighted by Gasteiger charge is -2.16. The van der Waals surface area contributed by atoms with Crippen LogP contribution in [0.3, 0.4) is 0 Å². The molecule has 10 heteroatoms. The zero-order valence-electron chi connectivity index (χ0n) is 17.0. The number of thiocarbonyl (C=S) groups is 1. The maximum absolute atomic E-state index is 13.0. The highest BCUT2D eigenvalue weighted by Crippen LogP contribution is 2.41. The molecule has 1 amide bonds. The SMILES string of the molecule is Cc1ccc(Sc2ccc(C=C3SC(=S)N(c4ccc(Cl)cc4Cl)C3=O)cc2[N+](=O)[O-])cc1. The number of nitro groups is 1. The Morgan fingerprint density at radius 3 is 2.48 bits per heavy atom. The molecule has 0 unspecified atom stereocenters. The maximum Gasteiger partial charge on any atom is 0.283 e. The summed E-state index contributed by atoms with van der Waals surface area (Å²) in [4.78, 5) is 27.4. The first-order chi connectivity index (χ1) is 15.7. The van der Waals surface area contributed by atoms with E-state index in [9.17, 15) is 14.9 Å². The first-order valence-corrected chi connectivity index (χ1v) is 12.3. The number of aryl methyl sites for hydroxylation is 1. The van der Waals surface area contributed by atoms with Gasteiger partial charge in [0.2, 0.25) is 0 Å². The third-order valence-corrected chi connectivity index (χ3v) is 7.58. The van der Waals surface area contributed by atoms with Crippen molar-refractivity contribution in [3.05, 3.63) is 96.9 Å². The molecule has 0 aliphatic carbocycles. The molecule has 1 saturated heterocycles. The summed E-state index contributed by atoms with van der Waals surface area (Å²) in [6.45, 7) is 1.98. The van der Waals surface area contributed by atoms with Crippen LogP contribution in [0.5, 0.6) is 0 Å². The Morgan fingerprint density at radius 1 is 1.09 bits per heavy atom. The van der Waals surface area contributed by atoms with Gasteiger partial charge in [-0.2, -0.15) is 0 Å².